The molecule has 1 N–H and O–H groups in total. The molecule has 1 saturated heterocycles. The molecule has 2 amide bonds. The van der Waals surface area contributed by atoms with Gasteiger partial charge in [-0.3, -0.25) is 24.1 Å². The zero-order chi connectivity index (χ0) is 18.2. The van der Waals surface area contributed by atoms with E-state index < -0.39 is 17.6 Å². The average Bonchev–Trinajstić information content (AvgIpc) is 2.77. The van der Waals surface area contributed by atoms with Gasteiger partial charge in [-0.05, 0) is 37.7 Å². The normalized spacial score (nSPS) is 28.2. The van der Waals surface area contributed by atoms with E-state index in [2.05, 4.69) is 0 Å². The van der Waals surface area contributed by atoms with Crippen molar-refractivity contribution in [3.63, 3.8) is 0 Å². The molecule has 1 heterocycles. The van der Waals surface area contributed by atoms with E-state index in [0.29, 0.717) is 6.42 Å². The number of ketones is 2. The summed E-state index contributed by atoms with van der Waals surface area (Å²) in [7, 11) is 0. The highest BCUT2D eigenvalue weighted by Gasteiger charge is 2.51. The monoisotopic (exact) mass is 333 g/mol. The number of aliphatic hydroxyl groups is 1. The number of imide groups is 1. The summed E-state index contributed by atoms with van der Waals surface area (Å²) < 4.78 is 0. The quantitative estimate of drug-likeness (QED) is 0.482. The first-order valence-corrected chi connectivity index (χ1v) is 8.05. The van der Waals surface area contributed by atoms with Crippen molar-refractivity contribution in [2.75, 3.05) is 6.54 Å². The number of carbonyl (C=O) groups is 4. The van der Waals surface area contributed by atoms with Gasteiger partial charge in [0.2, 0.25) is 0 Å². The van der Waals surface area contributed by atoms with Crippen molar-refractivity contribution >= 4 is 23.4 Å². The summed E-state index contributed by atoms with van der Waals surface area (Å²) >= 11 is 0. The molecular weight excluding hydrogens is 310 g/mol. The summed E-state index contributed by atoms with van der Waals surface area (Å²) in [4.78, 5) is 48.5. The number of carbonyl (C=O) groups excluding carboxylic acids is 4. The minimum atomic E-state index is -0.749. The summed E-state index contributed by atoms with van der Waals surface area (Å²) in [5.41, 5.74) is -0.583. The molecule has 2 unspecified atom stereocenters. The highest BCUT2D eigenvalue weighted by Crippen LogP contribution is 2.54. The smallest absolute Gasteiger partial charge is 0.268 e. The topological polar surface area (TPSA) is 91.8 Å². The summed E-state index contributed by atoms with van der Waals surface area (Å²) in [6, 6.07) is 0. The second-order valence-corrected chi connectivity index (χ2v) is 7.10. The van der Waals surface area contributed by atoms with Crippen molar-refractivity contribution in [2.45, 2.75) is 40.5 Å². The maximum atomic E-state index is 12.3. The SMILES string of the molecule is C/C=C/C(=O)N1CC(=O)/C(=C(/O)CC2CC(C(C)=O)C2(C)C)C1=O. The van der Waals surface area contributed by atoms with E-state index in [1.807, 2.05) is 13.8 Å². The highest BCUT2D eigenvalue weighted by molar-refractivity contribution is 6.29. The molecule has 6 heteroatoms. The number of rotatable bonds is 4. The molecule has 2 aliphatic rings. The summed E-state index contributed by atoms with van der Waals surface area (Å²) in [5, 5.41) is 10.3. The lowest BCUT2D eigenvalue weighted by Crippen LogP contribution is -2.48. The molecule has 0 aromatic heterocycles. The van der Waals surface area contributed by atoms with Crippen molar-refractivity contribution in [1.29, 1.82) is 0 Å². The Labute approximate surface area is 141 Å². The fraction of sp³-hybridized carbons (Fsp3) is 0.556. The van der Waals surface area contributed by atoms with Crippen LogP contribution in [-0.2, 0) is 19.2 Å². The predicted molar refractivity (Wildman–Crippen MR) is 86.9 cm³/mol. The van der Waals surface area contributed by atoms with Crippen LogP contribution < -0.4 is 0 Å². The van der Waals surface area contributed by atoms with Crippen LogP contribution in [0.4, 0.5) is 0 Å². The fourth-order valence-corrected chi connectivity index (χ4v) is 3.63. The van der Waals surface area contributed by atoms with Gasteiger partial charge in [0.05, 0.1) is 6.54 Å². The predicted octanol–water partition coefficient (Wildman–Crippen LogP) is 1.95. The Balaban J connectivity index is 2.17. The molecule has 0 radical (unpaired) electrons. The number of aliphatic hydroxyl groups excluding tert-OH is 1. The van der Waals surface area contributed by atoms with Crippen LogP contribution in [-0.4, -0.2) is 39.9 Å². The van der Waals surface area contributed by atoms with Gasteiger partial charge < -0.3 is 5.11 Å². The van der Waals surface area contributed by atoms with Crippen molar-refractivity contribution < 1.29 is 24.3 Å². The summed E-state index contributed by atoms with van der Waals surface area (Å²) in [6.45, 7) is 6.75. The van der Waals surface area contributed by atoms with Gasteiger partial charge in [0.25, 0.3) is 11.8 Å². The van der Waals surface area contributed by atoms with Gasteiger partial charge in [0.1, 0.15) is 17.1 Å². The van der Waals surface area contributed by atoms with Gasteiger partial charge in [-0.25, -0.2) is 0 Å². The number of likely N-dealkylation sites (tertiary alicyclic amines) is 1. The summed E-state index contributed by atoms with van der Waals surface area (Å²) in [6.07, 6.45) is 3.48. The number of allylic oxidation sites excluding steroid dienone is 2. The largest absolute Gasteiger partial charge is 0.511 e. The van der Waals surface area contributed by atoms with Gasteiger partial charge in [0.15, 0.2) is 5.78 Å². The van der Waals surface area contributed by atoms with Crippen molar-refractivity contribution in [3.8, 4) is 0 Å². The molecule has 6 nitrogen and oxygen atoms in total. The highest BCUT2D eigenvalue weighted by atomic mass is 16.3. The van der Waals surface area contributed by atoms with Crippen molar-refractivity contribution in [3.05, 3.63) is 23.5 Å². The molecule has 2 atom stereocenters. The maximum absolute atomic E-state index is 12.3. The lowest BCUT2D eigenvalue weighted by atomic mass is 9.52. The van der Waals surface area contributed by atoms with E-state index >= 15 is 0 Å². The molecule has 130 valence electrons. The second kappa shape index (κ2) is 6.34. The first kappa shape index (κ1) is 18.1. The van der Waals surface area contributed by atoms with Crippen LogP contribution in [0, 0.1) is 17.3 Å². The van der Waals surface area contributed by atoms with E-state index in [9.17, 15) is 24.3 Å². The van der Waals surface area contributed by atoms with E-state index in [0.717, 1.165) is 4.90 Å². The van der Waals surface area contributed by atoms with E-state index in [-0.39, 0.29) is 47.3 Å². The zero-order valence-corrected chi connectivity index (χ0v) is 14.5. The lowest BCUT2D eigenvalue weighted by molar-refractivity contribution is -0.138. The Morgan fingerprint density at radius 1 is 1.33 bits per heavy atom. The van der Waals surface area contributed by atoms with E-state index in [1.54, 1.807) is 13.8 Å². The van der Waals surface area contributed by atoms with Crippen LogP contribution in [0.5, 0.6) is 0 Å². The number of hydrogen-bond donors (Lipinski definition) is 1. The molecule has 1 saturated carbocycles. The first-order chi connectivity index (χ1) is 11.1. The van der Waals surface area contributed by atoms with Gasteiger partial charge in [-0.2, -0.15) is 0 Å². The Bertz CT molecular complexity index is 671. The molecular formula is C18H23NO5. The molecule has 0 aromatic rings. The standard InChI is InChI=1S/C18H23NO5/c1-5-6-15(23)19-9-14(22)16(17(19)24)13(21)8-11-7-12(10(2)20)18(11,3)4/h5-6,11-12,21H,7-9H2,1-4H3/b6-5+,16-13-. The third-order valence-corrected chi connectivity index (χ3v) is 5.30. The van der Waals surface area contributed by atoms with Crippen LogP contribution in [0.3, 0.4) is 0 Å². The molecule has 0 spiro atoms. The van der Waals surface area contributed by atoms with E-state index in [4.69, 9.17) is 0 Å². The van der Waals surface area contributed by atoms with Gasteiger partial charge in [-0.15, -0.1) is 0 Å². The van der Waals surface area contributed by atoms with Gasteiger partial charge in [-0.1, -0.05) is 19.9 Å². The number of Topliss-reactive ketones (excluding diaryl/α,β-unsaturated/α-hetero) is 2. The Morgan fingerprint density at radius 2 is 1.96 bits per heavy atom. The van der Waals surface area contributed by atoms with Crippen LogP contribution in [0.2, 0.25) is 0 Å². The third-order valence-electron chi connectivity index (χ3n) is 5.30. The minimum absolute atomic E-state index is 0.0137. The minimum Gasteiger partial charge on any atom is -0.511 e. The van der Waals surface area contributed by atoms with E-state index in [1.165, 1.54) is 12.2 Å². The number of hydrogen-bond acceptors (Lipinski definition) is 5. The first-order valence-electron chi connectivity index (χ1n) is 8.05. The molecule has 2 rings (SSSR count). The van der Waals surface area contributed by atoms with Crippen LogP contribution in [0.15, 0.2) is 23.5 Å². The molecule has 24 heavy (non-hydrogen) atoms. The molecule has 0 bridgehead atoms. The van der Waals surface area contributed by atoms with Crippen LogP contribution in [0.25, 0.3) is 0 Å². The number of amides is 2. The maximum Gasteiger partial charge on any atom is 0.268 e. The second-order valence-electron chi connectivity index (χ2n) is 7.10. The Morgan fingerprint density at radius 3 is 2.46 bits per heavy atom. The molecule has 0 aromatic carbocycles. The Kier molecular flexibility index (Phi) is 4.78. The molecule has 1 aliphatic heterocycles. The van der Waals surface area contributed by atoms with Crippen LogP contribution in [0.1, 0.15) is 40.5 Å². The number of nitrogens with zero attached hydrogens (tertiary/aromatic N) is 1. The molecule has 2 fully saturated rings. The van der Waals surface area contributed by atoms with Gasteiger partial charge in [0, 0.05) is 12.3 Å². The third kappa shape index (κ3) is 2.92. The zero-order valence-electron chi connectivity index (χ0n) is 14.5. The van der Waals surface area contributed by atoms with Crippen LogP contribution >= 0.6 is 0 Å². The summed E-state index contributed by atoms with van der Waals surface area (Å²) in [5.74, 6) is -2.08. The van der Waals surface area contributed by atoms with Crippen molar-refractivity contribution in [2.24, 2.45) is 17.3 Å². The molecule has 1 aliphatic carbocycles. The Hall–Kier alpha value is -2.24. The fourth-order valence-electron chi connectivity index (χ4n) is 3.63. The van der Waals surface area contributed by atoms with Gasteiger partial charge >= 0.3 is 0 Å². The lowest BCUT2D eigenvalue weighted by Gasteiger charge is -2.51. The average molecular weight is 333 g/mol. The van der Waals surface area contributed by atoms with Crippen molar-refractivity contribution in [1.82, 2.24) is 4.90 Å².